The first-order valence-corrected chi connectivity index (χ1v) is 13.4. The lowest BCUT2D eigenvalue weighted by Crippen LogP contribution is -3.21. The van der Waals surface area contributed by atoms with E-state index < -0.39 is 0 Å². The summed E-state index contributed by atoms with van der Waals surface area (Å²) in [4.78, 5) is 19.3. The van der Waals surface area contributed by atoms with Crippen LogP contribution in [0.4, 0.5) is 0 Å². The van der Waals surface area contributed by atoms with Gasteiger partial charge in [-0.05, 0) is 67.8 Å². The van der Waals surface area contributed by atoms with Gasteiger partial charge in [-0.25, -0.2) is 4.68 Å². The van der Waals surface area contributed by atoms with Gasteiger partial charge in [0.2, 0.25) is 5.82 Å². The van der Waals surface area contributed by atoms with Crippen LogP contribution in [0.15, 0.2) is 23.0 Å². The molecule has 1 aliphatic rings. The number of nitrogens with zero attached hydrogens (tertiary/aromatic N) is 4. The van der Waals surface area contributed by atoms with Crippen LogP contribution in [0.1, 0.15) is 69.1 Å². The third-order valence-electron chi connectivity index (χ3n) is 7.95. The van der Waals surface area contributed by atoms with Crippen LogP contribution in [-0.4, -0.2) is 64.6 Å². The summed E-state index contributed by atoms with van der Waals surface area (Å²) >= 11 is 0. The van der Waals surface area contributed by atoms with Gasteiger partial charge in [-0.2, -0.15) is 0 Å². The van der Waals surface area contributed by atoms with E-state index in [4.69, 9.17) is 4.74 Å². The molecule has 36 heavy (non-hydrogen) atoms. The van der Waals surface area contributed by atoms with Crippen molar-refractivity contribution in [2.24, 2.45) is 0 Å². The first-order chi connectivity index (χ1) is 17.2. The van der Waals surface area contributed by atoms with Crippen molar-refractivity contribution in [1.82, 2.24) is 25.2 Å². The summed E-state index contributed by atoms with van der Waals surface area (Å²) in [6.45, 7) is 19.1. The van der Waals surface area contributed by atoms with Crippen LogP contribution < -0.4 is 15.4 Å². The molecule has 3 aromatic rings. The Bertz CT molecular complexity index is 1230. The van der Waals surface area contributed by atoms with Gasteiger partial charge in [-0.3, -0.25) is 4.79 Å². The number of pyridine rings is 1. The molecule has 1 fully saturated rings. The van der Waals surface area contributed by atoms with Crippen molar-refractivity contribution in [2.75, 3.05) is 39.4 Å². The summed E-state index contributed by atoms with van der Waals surface area (Å²) in [5.41, 5.74) is 3.87. The van der Waals surface area contributed by atoms with Gasteiger partial charge in [0.15, 0.2) is 0 Å². The van der Waals surface area contributed by atoms with Crippen molar-refractivity contribution >= 4 is 10.9 Å². The molecule has 196 valence electrons. The van der Waals surface area contributed by atoms with Crippen molar-refractivity contribution in [3.05, 3.63) is 51.1 Å². The number of hydrogen-bond donors (Lipinski definition) is 3. The topological polar surface area (TPSA) is 94.6 Å². The van der Waals surface area contributed by atoms with Crippen molar-refractivity contribution in [3.8, 4) is 0 Å². The smallest absolute Gasteiger partial charge is 0.257 e. The SMILES string of the molecule is CCC(c1nnnn1C(C)(C)CC)[NH+](CC[NH+]1CCOCC1)Cc1cc2c(C)cc(C)cc2[nH]c1=O. The maximum atomic E-state index is 13.2. The number of fused-ring (bicyclic) bond motifs is 1. The second-order valence-electron chi connectivity index (χ2n) is 10.9. The van der Waals surface area contributed by atoms with Crippen molar-refractivity contribution < 1.29 is 14.5 Å². The number of rotatable bonds is 10. The maximum Gasteiger partial charge on any atom is 0.257 e. The number of H-pyrrole nitrogens is 1. The van der Waals surface area contributed by atoms with Crippen LogP contribution in [0.2, 0.25) is 0 Å². The van der Waals surface area contributed by atoms with Crippen LogP contribution in [0, 0.1) is 13.8 Å². The molecule has 1 saturated heterocycles. The molecule has 0 radical (unpaired) electrons. The number of tetrazole rings is 1. The molecule has 0 saturated carbocycles. The van der Waals surface area contributed by atoms with Gasteiger partial charge in [-0.15, -0.1) is 5.10 Å². The minimum Gasteiger partial charge on any atom is -0.370 e. The predicted molar refractivity (Wildman–Crippen MR) is 140 cm³/mol. The lowest BCUT2D eigenvalue weighted by atomic mass is 10.0. The first-order valence-electron chi connectivity index (χ1n) is 13.4. The van der Waals surface area contributed by atoms with E-state index in [9.17, 15) is 4.79 Å². The van der Waals surface area contributed by atoms with E-state index in [1.54, 1.807) is 4.90 Å². The molecular formula is C27H43N7O2+2. The molecule has 9 nitrogen and oxygen atoms in total. The molecule has 3 heterocycles. The number of benzene rings is 1. The molecule has 0 bridgehead atoms. The first kappa shape index (κ1) is 26.4. The minimum atomic E-state index is -0.178. The normalized spacial score (nSPS) is 16.9. The molecule has 1 aromatic carbocycles. The highest BCUT2D eigenvalue weighted by Crippen LogP contribution is 2.23. The van der Waals surface area contributed by atoms with E-state index in [0.29, 0.717) is 6.54 Å². The summed E-state index contributed by atoms with van der Waals surface area (Å²) in [7, 11) is 0. The fourth-order valence-electron chi connectivity index (χ4n) is 5.37. The molecule has 9 heteroatoms. The number of aromatic nitrogens is 5. The summed E-state index contributed by atoms with van der Waals surface area (Å²) in [5.74, 6) is 0.903. The molecule has 0 aliphatic carbocycles. The summed E-state index contributed by atoms with van der Waals surface area (Å²) in [6.07, 6.45) is 1.81. The van der Waals surface area contributed by atoms with E-state index in [1.807, 2.05) is 4.68 Å². The van der Waals surface area contributed by atoms with E-state index in [0.717, 1.165) is 80.1 Å². The Kier molecular flexibility index (Phi) is 8.22. The largest absolute Gasteiger partial charge is 0.370 e. The zero-order valence-electron chi connectivity index (χ0n) is 22.8. The second kappa shape index (κ2) is 11.2. The minimum absolute atomic E-state index is 0.00736. The number of hydrogen-bond acceptors (Lipinski definition) is 5. The van der Waals surface area contributed by atoms with Crippen molar-refractivity contribution in [1.29, 1.82) is 0 Å². The Morgan fingerprint density at radius 1 is 1.19 bits per heavy atom. The van der Waals surface area contributed by atoms with E-state index >= 15 is 0 Å². The Morgan fingerprint density at radius 3 is 2.64 bits per heavy atom. The number of aromatic amines is 1. The highest BCUT2D eigenvalue weighted by molar-refractivity contribution is 5.83. The molecule has 4 rings (SSSR count). The third kappa shape index (κ3) is 5.68. The Morgan fingerprint density at radius 2 is 1.94 bits per heavy atom. The van der Waals surface area contributed by atoms with Crippen molar-refractivity contribution in [3.63, 3.8) is 0 Å². The van der Waals surface area contributed by atoms with Gasteiger partial charge in [0.05, 0.1) is 24.3 Å². The third-order valence-corrected chi connectivity index (χ3v) is 7.95. The molecule has 3 N–H and O–H groups in total. The fraction of sp³-hybridized carbons (Fsp3) is 0.630. The van der Waals surface area contributed by atoms with Crippen LogP contribution >= 0.6 is 0 Å². The van der Waals surface area contributed by atoms with Gasteiger partial charge < -0.3 is 19.5 Å². The van der Waals surface area contributed by atoms with E-state index in [1.165, 1.54) is 10.5 Å². The standard InChI is InChI=1S/C27H41N7O2/c1-7-24(25-29-30-31-34(25)27(5,6)8-2)33(10-9-32-11-13-36-14-12-32)18-21-17-22-20(4)15-19(3)16-23(22)28-26(21)35/h15-17,24H,7-14,18H2,1-6H3,(H,28,35)/p+2. The summed E-state index contributed by atoms with van der Waals surface area (Å²) in [6, 6.07) is 6.40. The molecule has 1 aliphatic heterocycles. The van der Waals surface area contributed by atoms with Gasteiger partial charge in [-0.1, -0.05) is 19.9 Å². The zero-order chi connectivity index (χ0) is 25.9. The quantitative estimate of drug-likeness (QED) is 0.384. The highest BCUT2D eigenvalue weighted by Gasteiger charge is 2.34. The highest BCUT2D eigenvalue weighted by atomic mass is 16.5. The lowest BCUT2D eigenvalue weighted by molar-refractivity contribution is -0.985. The van der Waals surface area contributed by atoms with Crippen LogP contribution in [-0.2, 0) is 16.8 Å². The zero-order valence-corrected chi connectivity index (χ0v) is 22.8. The average Bonchev–Trinajstić information content (AvgIpc) is 3.35. The molecule has 0 spiro atoms. The number of aryl methyl sites for hydroxylation is 2. The monoisotopic (exact) mass is 497 g/mol. The second-order valence-corrected chi connectivity index (χ2v) is 10.9. The van der Waals surface area contributed by atoms with Crippen molar-refractivity contribution in [2.45, 2.75) is 72.5 Å². The number of ether oxygens (including phenoxy) is 1. The summed E-state index contributed by atoms with van der Waals surface area (Å²) < 4.78 is 7.57. The molecular weight excluding hydrogens is 454 g/mol. The van der Waals surface area contributed by atoms with Gasteiger partial charge in [0.25, 0.3) is 5.56 Å². The lowest BCUT2D eigenvalue weighted by Gasteiger charge is -2.32. The summed E-state index contributed by atoms with van der Waals surface area (Å²) in [5, 5.41) is 14.1. The Balaban J connectivity index is 1.70. The van der Waals surface area contributed by atoms with Gasteiger partial charge >= 0.3 is 0 Å². The Hall–Kier alpha value is -2.62. The molecule has 2 unspecified atom stereocenters. The number of morpholine rings is 1. The average molecular weight is 498 g/mol. The fourth-order valence-corrected chi connectivity index (χ4v) is 5.37. The van der Waals surface area contributed by atoms with Crippen LogP contribution in [0.5, 0.6) is 0 Å². The number of quaternary nitrogens is 2. The van der Waals surface area contributed by atoms with Crippen LogP contribution in [0.25, 0.3) is 10.9 Å². The Labute approximate surface area is 213 Å². The van der Waals surface area contributed by atoms with Gasteiger partial charge in [0, 0.05) is 17.3 Å². The van der Waals surface area contributed by atoms with Gasteiger partial charge in [0.1, 0.15) is 38.8 Å². The molecule has 2 atom stereocenters. The number of nitrogens with one attached hydrogen (secondary N) is 3. The maximum absolute atomic E-state index is 13.2. The van der Waals surface area contributed by atoms with E-state index in [-0.39, 0.29) is 17.1 Å². The molecule has 2 aromatic heterocycles. The molecule has 0 amide bonds. The predicted octanol–water partition coefficient (Wildman–Crippen LogP) is 0.728. The van der Waals surface area contributed by atoms with Crippen LogP contribution in [0.3, 0.4) is 0 Å². The van der Waals surface area contributed by atoms with E-state index in [2.05, 4.69) is 80.3 Å².